The molecule has 3 heterocycles. The van der Waals surface area contributed by atoms with Gasteiger partial charge in [-0.1, -0.05) is 35.9 Å². The van der Waals surface area contributed by atoms with Crippen LogP contribution in [0.3, 0.4) is 0 Å². The highest BCUT2D eigenvalue weighted by Gasteiger charge is 2.22. The van der Waals surface area contributed by atoms with Gasteiger partial charge in [-0.15, -0.1) is 0 Å². The molecule has 0 saturated carbocycles. The molecule has 4 rings (SSSR count). The summed E-state index contributed by atoms with van der Waals surface area (Å²) in [6.07, 6.45) is 5.73. The lowest BCUT2D eigenvalue weighted by Gasteiger charge is -2.17. The highest BCUT2D eigenvalue weighted by molar-refractivity contribution is 6.29. The van der Waals surface area contributed by atoms with Crippen LogP contribution in [-0.4, -0.2) is 15.5 Å². The van der Waals surface area contributed by atoms with E-state index in [2.05, 4.69) is 33.2 Å². The zero-order chi connectivity index (χ0) is 19.5. The Morgan fingerprint density at radius 3 is 2.82 bits per heavy atom. The van der Waals surface area contributed by atoms with Gasteiger partial charge in [-0.2, -0.15) is 0 Å². The fraction of sp³-hybridized carbons (Fsp3) is 0.182. The summed E-state index contributed by atoms with van der Waals surface area (Å²) in [7, 11) is 2.01. The van der Waals surface area contributed by atoms with Gasteiger partial charge in [0, 0.05) is 42.7 Å². The van der Waals surface area contributed by atoms with Crippen molar-refractivity contribution in [3.63, 3.8) is 0 Å². The molecule has 0 saturated heterocycles. The molecular formula is C22H20ClN3O2. The molecule has 1 amide bonds. The first-order valence-electron chi connectivity index (χ1n) is 9.06. The SMILES string of the molecule is Cn1cc([C@@H](CC(=O)NCc2ccco2)c2ccc(Cl)nc2)c2ccccc21. The fourth-order valence-electron chi connectivity index (χ4n) is 3.51. The maximum absolute atomic E-state index is 12.7. The van der Waals surface area contributed by atoms with Gasteiger partial charge in [0.1, 0.15) is 10.9 Å². The largest absolute Gasteiger partial charge is 0.467 e. The summed E-state index contributed by atoms with van der Waals surface area (Å²) in [6, 6.07) is 15.5. The van der Waals surface area contributed by atoms with Crippen LogP contribution in [0.1, 0.15) is 29.2 Å². The van der Waals surface area contributed by atoms with Crippen molar-refractivity contribution in [1.82, 2.24) is 14.9 Å². The number of halogens is 1. The third kappa shape index (κ3) is 3.80. The summed E-state index contributed by atoms with van der Waals surface area (Å²) in [5.41, 5.74) is 3.17. The molecule has 142 valence electrons. The molecule has 0 aliphatic rings. The van der Waals surface area contributed by atoms with Crippen molar-refractivity contribution in [2.45, 2.75) is 18.9 Å². The van der Waals surface area contributed by atoms with Gasteiger partial charge >= 0.3 is 0 Å². The van der Waals surface area contributed by atoms with Crippen molar-refractivity contribution in [1.29, 1.82) is 0 Å². The molecule has 6 heteroatoms. The second-order valence-electron chi connectivity index (χ2n) is 6.74. The number of rotatable bonds is 6. The first kappa shape index (κ1) is 18.3. The maximum atomic E-state index is 12.7. The van der Waals surface area contributed by atoms with Crippen LogP contribution in [0.15, 0.2) is 71.6 Å². The van der Waals surface area contributed by atoms with E-state index in [1.54, 1.807) is 24.6 Å². The number of hydrogen-bond acceptors (Lipinski definition) is 3. The molecule has 0 aliphatic carbocycles. The summed E-state index contributed by atoms with van der Waals surface area (Å²) in [5.74, 6) is 0.542. The van der Waals surface area contributed by atoms with Crippen LogP contribution < -0.4 is 5.32 Å². The Hall–Kier alpha value is -3.05. The third-order valence-corrected chi connectivity index (χ3v) is 5.11. The third-order valence-electron chi connectivity index (χ3n) is 4.89. The number of nitrogens with one attached hydrogen (secondary N) is 1. The Morgan fingerprint density at radius 2 is 2.07 bits per heavy atom. The number of pyridine rings is 1. The molecule has 0 bridgehead atoms. The second kappa shape index (κ2) is 7.90. The number of hydrogen-bond donors (Lipinski definition) is 1. The number of aryl methyl sites for hydroxylation is 1. The zero-order valence-corrected chi connectivity index (χ0v) is 16.2. The molecule has 3 aromatic heterocycles. The van der Waals surface area contributed by atoms with Gasteiger partial charge in [0.15, 0.2) is 0 Å². The van der Waals surface area contributed by atoms with Crippen LogP contribution >= 0.6 is 11.6 Å². The maximum Gasteiger partial charge on any atom is 0.221 e. The van der Waals surface area contributed by atoms with Crippen molar-refractivity contribution in [2.75, 3.05) is 0 Å². The van der Waals surface area contributed by atoms with E-state index in [1.165, 1.54) is 0 Å². The molecule has 0 unspecified atom stereocenters. The van der Waals surface area contributed by atoms with Crippen molar-refractivity contribution >= 4 is 28.4 Å². The second-order valence-corrected chi connectivity index (χ2v) is 7.13. The number of carbonyl (C=O) groups is 1. The van der Waals surface area contributed by atoms with E-state index >= 15 is 0 Å². The predicted octanol–water partition coefficient (Wildman–Crippen LogP) is 4.66. The van der Waals surface area contributed by atoms with E-state index in [0.29, 0.717) is 18.1 Å². The number of aromatic nitrogens is 2. The van der Waals surface area contributed by atoms with Crippen LogP contribution in [0.4, 0.5) is 0 Å². The van der Waals surface area contributed by atoms with E-state index in [9.17, 15) is 4.79 Å². The first-order chi connectivity index (χ1) is 13.6. The Labute approximate surface area is 167 Å². The number of nitrogens with zero attached hydrogens (tertiary/aromatic N) is 2. The number of furan rings is 1. The normalized spacial score (nSPS) is 12.2. The van der Waals surface area contributed by atoms with Gasteiger partial charge in [0.25, 0.3) is 0 Å². The highest BCUT2D eigenvalue weighted by Crippen LogP contribution is 2.34. The summed E-state index contributed by atoms with van der Waals surface area (Å²) < 4.78 is 7.37. The Kier molecular flexibility index (Phi) is 5.17. The van der Waals surface area contributed by atoms with E-state index in [1.807, 2.05) is 31.3 Å². The van der Waals surface area contributed by atoms with Crippen LogP contribution in [0.2, 0.25) is 5.15 Å². The van der Waals surface area contributed by atoms with Crippen molar-refractivity contribution in [2.24, 2.45) is 7.05 Å². The molecule has 1 aromatic carbocycles. The zero-order valence-electron chi connectivity index (χ0n) is 15.4. The van der Waals surface area contributed by atoms with Crippen molar-refractivity contribution in [3.05, 3.63) is 89.2 Å². The Morgan fingerprint density at radius 1 is 1.21 bits per heavy atom. The fourth-order valence-corrected chi connectivity index (χ4v) is 3.62. The van der Waals surface area contributed by atoms with Crippen LogP contribution in [0.25, 0.3) is 10.9 Å². The molecule has 4 aromatic rings. The lowest BCUT2D eigenvalue weighted by molar-refractivity contribution is -0.121. The Bertz CT molecular complexity index is 1080. The summed E-state index contributed by atoms with van der Waals surface area (Å²) in [4.78, 5) is 16.9. The molecule has 0 radical (unpaired) electrons. The molecule has 5 nitrogen and oxygen atoms in total. The summed E-state index contributed by atoms with van der Waals surface area (Å²) in [6.45, 7) is 0.368. The van der Waals surface area contributed by atoms with Crippen LogP contribution in [0, 0.1) is 0 Å². The highest BCUT2D eigenvalue weighted by atomic mass is 35.5. The first-order valence-corrected chi connectivity index (χ1v) is 9.44. The van der Waals surface area contributed by atoms with Gasteiger partial charge in [-0.3, -0.25) is 4.79 Å². The topological polar surface area (TPSA) is 60.1 Å². The number of amides is 1. The van der Waals surface area contributed by atoms with E-state index in [-0.39, 0.29) is 11.8 Å². The Balaban J connectivity index is 1.65. The molecule has 0 spiro atoms. The minimum absolute atomic E-state index is 0.0516. The molecule has 28 heavy (non-hydrogen) atoms. The molecular weight excluding hydrogens is 374 g/mol. The monoisotopic (exact) mass is 393 g/mol. The molecule has 0 aliphatic heterocycles. The smallest absolute Gasteiger partial charge is 0.221 e. The van der Waals surface area contributed by atoms with E-state index < -0.39 is 0 Å². The minimum Gasteiger partial charge on any atom is -0.467 e. The predicted molar refractivity (Wildman–Crippen MR) is 109 cm³/mol. The van der Waals surface area contributed by atoms with Crippen molar-refractivity contribution < 1.29 is 9.21 Å². The van der Waals surface area contributed by atoms with Crippen molar-refractivity contribution in [3.8, 4) is 0 Å². The lowest BCUT2D eigenvalue weighted by Crippen LogP contribution is -2.24. The molecule has 0 fully saturated rings. The van der Waals surface area contributed by atoms with Gasteiger partial charge in [0.2, 0.25) is 5.91 Å². The van der Waals surface area contributed by atoms with Crippen LogP contribution in [-0.2, 0) is 18.4 Å². The van der Waals surface area contributed by atoms with Gasteiger partial charge in [-0.05, 0) is 35.4 Å². The average Bonchev–Trinajstić information content (AvgIpc) is 3.34. The van der Waals surface area contributed by atoms with Gasteiger partial charge in [-0.25, -0.2) is 4.98 Å². The molecule has 1 N–H and O–H groups in total. The standard InChI is InChI=1S/C22H20ClN3O2/c1-26-14-19(17-6-2-3-7-20(17)26)18(15-8-9-21(23)24-12-15)11-22(27)25-13-16-5-4-10-28-16/h2-10,12,14,18H,11,13H2,1H3,(H,25,27)/t18-/m0/s1. The minimum atomic E-state index is -0.132. The van der Waals surface area contributed by atoms with E-state index in [0.717, 1.165) is 27.8 Å². The number of carbonyl (C=O) groups excluding carboxylic acids is 1. The van der Waals surface area contributed by atoms with E-state index in [4.69, 9.17) is 16.0 Å². The lowest BCUT2D eigenvalue weighted by atomic mass is 9.89. The average molecular weight is 394 g/mol. The van der Waals surface area contributed by atoms with Crippen LogP contribution in [0.5, 0.6) is 0 Å². The van der Waals surface area contributed by atoms with Gasteiger partial charge in [0.05, 0.1) is 12.8 Å². The summed E-state index contributed by atoms with van der Waals surface area (Å²) in [5, 5.41) is 4.50. The number of para-hydroxylation sites is 1. The number of benzene rings is 1. The number of fused-ring (bicyclic) bond motifs is 1. The summed E-state index contributed by atoms with van der Waals surface area (Å²) >= 11 is 5.97. The van der Waals surface area contributed by atoms with Gasteiger partial charge < -0.3 is 14.3 Å². The quantitative estimate of drug-likeness (QED) is 0.485. The molecule has 1 atom stereocenters.